The summed E-state index contributed by atoms with van der Waals surface area (Å²) >= 11 is 0. The molecule has 8 heteroatoms. The van der Waals surface area contributed by atoms with Gasteiger partial charge in [-0.3, -0.25) is 4.79 Å². The average Bonchev–Trinajstić information content (AvgIpc) is 2.38. The molecule has 0 aliphatic rings. The van der Waals surface area contributed by atoms with Crippen molar-refractivity contribution in [3.63, 3.8) is 0 Å². The monoisotopic (exact) mass is 321 g/mol. The molecule has 0 fully saturated rings. The van der Waals surface area contributed by atoms with Gasteiger partial charge < -0.3 is 11.1 Å². The number of hydrogen-bond acceptors (Lipinski definition) is 4. The Kier molecular flexibility index (Phi) is 7.15. The number of halogens is 1. The van der Waals surface area contributed by atoms with Crippen LogP contribution in [0.15, 0.2) is 29.2 Å². The van der Waals surface area contributed by atoms with E-state index in [1.807, 2.05) is 6.92 Å². The number of amides is 1. The number of hydrogen-bond donors (Lipinski definition) is 3. The highest BCUT2D eigenvalue weighted by atomic mass is 35.5. The molecule has 1 unspecified atom stereocenters. The fourth-order valence-electron chi connectivity index (χ4n) is 1.48. The first-order valence-electron chi connectivity index (χ1n) is 5.87. The van der Waals surface area contributed by atoms with E-state index < -0.39 is 16.1 Å². The summed E-state index contributed by atoms with van der Waals surface area (Å²) in [5, 5.41) is 2.74. The van der Waals surface area contributed by atoms with E-state index in [-0.39, 0.29) is 29.3 Å². The van der Waals surface area contributed by atoms with E-state index in [9.17, 15) is 13.2 Å². The molecule has 1 amide bonds. The molecular formula is C12H20ClN3O3S. The Morgan fingerprint density at radius 1 is 1.20 bits per heavy atom. The van der Waals surface area contributed by atoms with Crippen molar-refractivity contribution in [2.75, 3.05) is 7.05 Å². The minimum atomic E-state index is -3.43. The van der Waals surface area contributed by atoms with Gasteiger partial charge >= 0.3 is 0 Å². The van der Waals surface area contributed by atoms with Gasteiger partial charge in [0.25, 0.3) is 0 Å². The van der Waals surface area contributed by atoms with Crippen LogP contribution in [0.1, 0.15) is 25.5 Å². The minimum absolute atomic E-state index is 0. The zero-order valence-corrected chi connectivity index (χ0v) is 13.2. The Hall–Kier alpha value is -1.15. The zero-order valence-electron chi connectivity index (χ0n) is 11.6. The maximum Gasteiger partial charge on any atom is 0.240 e. The van der Waals surface area contributed by atoms with Crippen LogP contribution in [-0.2, 0) is 14.8 Å². The normalized spacial score (nSPS) is 14.0. The van der Waals surface area contributed by atoms with Crippen LogP contribution >= 0.6 is 12.4 Å². The maximum absolute atomic E-state index is 11.6. The van der Waals surface area contributed by atoms with E-state index in [1.54, 1.807) is 19.1 Å². The summed E-state index contributed by atoms with van der Waals surface area (Å²) in [6.07, 6.45) is 0. The lowest BCUT2D eigenvalue weighted by atomic mass is 10.1. The topological polar surface area (TPSA) is 101 Å². The summed E-state index contributed by atoms with van der Waals surface area (Å²) in [6.45, 7) is 3.41. The van der Waals surface area contributed by atoms with Crippen molar-refractivity contribution in [2.45, 2.75) is 30.8 Å². The quantitative estimate of drug-likeness (QED) is 0.736. The molecule has 4 N–H and O–H groups in total. The minimum Gasteiger partial charge on any atom is -0.348 e. The average molecular weight is 322 g/mol. The van der Waals surface area contributed by atoms with Crippen LogP contribution in [0.25, 0.3) is 0 Å². The van der Waals surface area contributed by atoms with Crippen LogP contribution in [0.2, 0.25) is 0 Å². The molecule has 6 nitrogen and oxygen atoms in total. The molecule has 0 aliphatic carbocycles. The summed E-state index contributed by atoms with van der Waals surface area (Å²) in [5.74, 6) is -0.251. The Morgan fingerprint density at radius 2 is 1.70 bits per heavy atom. The standard InChI is InChI=1S/C12H19N3O3S.ClH/c1-8(13)12(16)15-9(2)10-4-6-11(7-5-10)19(17,18)14-3;/h4-9,14H,13H2,1-3H3,(H,15,16);1H/t8-,9?;/m1./s1. The smallest absolute Gasteiger partial charge is 0.240 e. The van der Waals surface area contributed by atoms with Crippen LogP contribution < -0.4 is 15.8 Å². The predicted octanol–water partition coefficient (Wildman–Crippen LogP) is 0.541. The van der Waals surface area contributed by atoms with Crippen LogP contribution in [0.3, 0.4) is 0 Å². The number of nitrogens with one attached hydrogen (secondary N) is 2. The van der Waals surface area contributed by atoms with Gasteiger partial charge in [-0.2, -0.15) is 0 Å². The first-order valence-corrected chi connectivity index (χ1v) is 7.35. The maximum atomic E-state index is 11.6. The zero-order chi connectivity index (χ0) is 14.6. The first-order chi connectivity index (χ1) is 8.77. The largest absolute Gasteiger partial charge is 0.348 e. The van der Waals surface area contributed by atoms with Crippen LogP contribution in [0, 0.1) is 0 Å². The Bertz CT molecular complexity index is 544. The molecule has 0 aromatic heterocycles. The molecule has 0 spiro atoms. The van der Waals surface area contributed by atoms with Crippen molar-refractivity contribution in [3.8, 4) is 0 Å². The second kappa shape index (κ2) is 7.58. The third kappa shape index (κ3) is 4.75. The lowest BCUT2D eigenvalue weighted by Crippen LogP contribution is -2.39. The molecule has 0 bridgehead atoms. The molecule has 114 valence electrons. The summed E-state index contributed by atoms with van der Waals surface area (Å²) in [6, 6.07) is 5.51. The lowest BCUT2D eigenvalue weighted by molar-refractivity contribution is -0.122. The van der Waals surface area contributed by atoms with E-state index in [1.165, 1.54) is 19.2 Å². The molecule has 1 aromatic rings. The summed E-state index contributed by atoms with van der Waals surface area (Å²) in [4.78, 5) is 11.6. The number of nitrogens with two attached hydrogens (primary N) is 1. The number of benzene rings is 1. The summed E-state index contributed by atoms with van der Waals surface area (Å²) in [5.41, 5.74) is 6.27. The van der Waals surface area contributed by atoms with Crippen molar-refractivity contribution in [1.82, 2.24) is 10.0 Å². The third-order valence-corrected chi connectivity index (χ3v) is 4.16. The number of rotatable bonds is 5. The summed E-state index contributed by atoms with van der Waals surface area (Å²) in [7, 11) is -2.08. The molecule has 0 aliphatic heterocycles. The van der Waals surface area contributed by atoms with Crippen LogP contribution in [0.4, 0.5) is 0 Å². The van der Waals surface area contributed by atoms with Gasteiger partial charge in [-0.15, -0.1) is 12.4 Å². The van der Waals surface area contributed by atoms with Gasteiger partial charge in [0.05, 0.1) is 17.0 Å². The van der Waals surface area contributed by atoms with Gasteiger partial charge in [0, 0.05) is 0 Å². The Balaban J connectivity index is 0.00000361. The first kappa shape index (κ1) is 18.9. The third-order valence-electron chi connectivity index (χ3n) is 2.73. The fraction of sp³-hybridized carbons (Fsp3) is 0.417. The second-order valence-electron chi connectivity index (χ2n) is 4.30. The molecular weight excluding hydrogens is 302 g/mol. The fourth-order valence-corrected chi connectivity index (χ4v) is 2.21. The van der Waals surface area contributed by atoms with Crippen molar-refractivity contribution < 1.29 is 13.2 Å². The molecule has 2 atom stereocenters. The number of carbonyl (C=O) groups excluding carboxylic acids is 1. The SMILES string of the molecule is CNS(=O)(=O)c1ccc(C(C)NC(=O)[C@@H](C)N)cc1.Cl. The number of sulfonamides is 1. The molecule has 1 rings (SSSR count). The highest BCUT2D eigenvalue weighted by Crippen LogP contribution is 2.16. The Morgan fingerprint density at radius 3 is 2.10 bits per heavy atom. The van der Waals surface area contributed by atoms with Gasteiger partial charge in [0.1, 0.15) is 0 Å². The van der Waals surface area contributed by atoms with Crippen LogP contribution in [0.5, 0.6) is 0 Å². The Labute approximate surface area is 125 Å². The molecule has 1 aromatic carbocycles. The van der Waals surface area contributed by atoms with Crippen molar-refractivity contribution in [2.24, 2.45) is 5.73 Å². The highest BCUT2D eigenvalue weighted by Gasteiger charge is 2.14. The number of carbonyl (C=O) groups is 1. The van der Waals surface area contributed by atoms with Crippen LogP contribution in [-0.4, -0.2) is 27.4 Å². The van der Waals surface area contributed by atoms with Gasteiger partial charge in [-0.05, 0) is 38.6 Å². The summed E-state index contributed by atoms with van der Waals surface area (Å²) < 4.78 is 25.3. The van der Waals surface area contributed by atoms with E-state index in [4.69, 9.17) is 5.73 Å². The van der Waals surface area contributed by atoms with Crippen molar-refractivity contribution in [3.05, 3.63) is 29.8 Å². The molecule has 0 saturated heterocycles. The molecule has 20 heavy (non-hydrogen) atoms. The van der Waals surface area contributed by atoms with Crippen molar-refractivity contribution in [1.29, 1.82) is 0 Å². The van der Waals surface area contributed by atoms with Crippen molar-refractivity contribution >= 4 is 28.3 Å². The second-order valence-corrected chi connectivity index (χ2v) is 6.18. The van der Waals surface area contributed by atoms with E-state index in [0.29, 0.717) is 0 Å². The predicted molar refractivity (Wildman–Crippen MR) is 80.1 cm³/mol. The van der Waals surface area contributed by atoms with Gasteiger partial charge in [0.15, 0.2) is 0 Å². The van der Waals surface area contributed by atoms with E-state index in [0.717, 1.165) is 5.56 Å². The molecule has 0 radical (unpaired) electrons. The van der Waals surface area contributed by atoms with Gasteiger partial charge in [-0.1, -0.05) is 12.1 Å². The van der Waals surface area contributed by atoms with E-state index in [2.05, 4.69) is 10.0 Å². The lowest BCUT2D eigenvalue weighted by Gasteiger charge is -2.16. The molecule has 0 heterocycles. The highest BCUT2D eigenvalue weighted by molar-refractivity contribution is 7.89. The van der Waals surface area contributed by atoms with E-state index >= 15 is 0 Å². The molecule has 0 saturated carbocycles. The van der Waals surface area contributed by atoms with Gasteiger partial charge in [-0.25, -0.2) is 13.1 Å². The van der Waals surface area contributed by atoms with Gasteiger partial charge in [0.2, 0.25) is 15.9 Å².